The van der Waals surface area contributed by atoms with Crippen LogP contribution in [0, 0.1) is 5.92 Å². The zero-order valence-corrected chi connectivity index (χ0v) is 26.0. The average molecular weight is 614 g/mol. The molecule has 0 saturated heterocycles. The number of hydrogen-bond donors (Lipinski definition) is 2. The van der Waals surface area contributed by atoms with E-state index < -0.39 is 23.9 Å². The lowest BCUT2D eigenvalue weighted by atomic mass is 9.81. The summed E-state index contributed by atoms with van der Waals surface area (Å²) < 4.78 is 0. The largest absolute Gasteiger partial charge is 0.349 e. The third-order valence-corrected chi connectivity index (χ3v) is 9.44. The van der Waals surface area contributed by atoms with Gasteiger partial charge in [0.1, 0.15) is 11.6 Å². The highest BCUT2D eigenvalue weighted by Gasteiger charge is 2.41. The van der Waals surface area contributed by atoms with E-state index in [1.165, 1.54) is 16.2 Å². The van der Waals surface area contributed by atoms with Gasteiger partial charge >= 0.3 is 0 Å². The lowest BCUT2D eigenvalue weighted by Gasteiger charge is -2.37. The van der Waals surface area contributed by atoms with Gasteiger partial charge in [0, 0.05) is 69.6 Å². The molecule has 2 aliphatic heterocycles. The van der Waals surface area contributed by atoms with Crippen LogP contribution in [0.4, 0.5) is 5.69 Å². The number of amides is 4. The summed E-state index contributed by atoms with van der Waals surface area (Å²) in [6.45, 7) is 1.64. The number of rotatable bonds is 6. The maximum Gasteiger partial charge on any atom is 0.280 e. The van der Waals surface area contributed by atoms with Crippen LogP contribution >= 0.6 is 22.9 Å². The van der Waals surface area contributed by atoms with Gasteiger partial charge in [-0.3, -0.25) is 19.2 Å². The molecule has 1 aliphatic carbocycles. The maximum atomic E-state index is 13.7. The highest BCUT2D eigenvalue weighted by Crippen LogP contribution is 2.38. The van der Waals surface area contributed by atoms with Crippen molar-refractivity contribution in [2.45, 2.75) is 50.2 Å². The molecule has 1 unspecified atom stereocenters. The number of thiazole rings is 1. The third kappa shape index (κ3) is 6.06. The summed E-state index contributed by atoms with van der Waals surface area (Å²) in [4.78, 5) is 68.6. The Balaban J connectivity index is 1.37. The SMILES string of the molecule is CN1CCc2nc(C(=O)N[C@@H]3C[C@@H](C(=O)N(C)C)CC[C@@H]3NC(=O)C3=Nc4ccc(Cl)cc4C3C(=O)N(C)C)sc2C1. The quantitative estimate of drug-likeness (QED) is 0.514. The molecular formula is C29H36ClN7O4S. The van der Waals surface area contributed by atoms with Crippen LogP contribution in [0.1, 0.15) is 51.1 Å². The molecule has 3 aliphatic rings. The zero-order valence-electron chi connectivity index (χ0n) is 24.4. The number of carbonyl (C=O) groups excluding carboxylic acids is 4. The molecule has 4 atom stereocenters. The van der Waals surface area contributed by atoms with E-state index in [4.69, 9.17) is 11.6 Å². The van der Waals surface area contributed by atoms with E-state index in [1.807, 2.05) is 7.05 Å². The highest BCUT2D eigenvalue weighted by molar-refractivity contribution is 7.13. The second-order valence-corrected chi connectivity index (χ2v) is 13.2. The van der Waals surface area contributed by atoms with Crippen molar-refractivity contribution < 1.29 is 19.2 Å². The van der Waals surface area contributed by atoms with Crippen LogP contribution in [-0.4, -0.2) is 103 Å². The first kappa shape index (κ1) is 30.1. The van der Waals surface area contributed by atoms with E-state index in [9.17, 15) is 19.2 Å². The Morgan fingerprint density at radius 3 is 2.43 bits per heavy atom. The van der Waals surface area contributed by atoms with E-state index >= 15 is 0 Å². The van der Waals surface area contributed by atoms with E-state index in [1.54, 1.807) is 51.3 Å². The molecule has 1 aromatic heterocycles. The summed E-state index contributed by atoms with van der Waals surface area (Å²) in [5.41, 5.74) is 2.13. The molecule has 11 nitrogen and oxygen atoms in total. The van der Waals surface area contributed by atoms with Crippen LogP contribution < -0.4 is 10.6 Å². The third-order valence-electron chi connectivity index (χ3n) is 8.12. The first-order valence-electron chi connectivity index (χ1n) is 14.0. The summed E-state index contributed by atoms with van der Waals surface area (Å²) >= 11 is 7.61. The average Bonchev–Trinajstić information content (AvgIpc) is 3.54. The number of hydrogen-bond acceptors (Lipinski definition) is 8. The molecule has 13 heteroatoms. The van der Waals surface area contributed by atoms with Gasteiger partial charge in [-0.1, -0.05) is 11.6 Å². The van der Waals surface area contributed by atoms with Crippen LogP contribution in [0.15, 0.2) is 23.2 Å². The van der Waals surface area contributed by atoms with Crippen molar-refractivity contribution in [3.8, 4) is 0 Å². The maximum absolute atomic E-state index is 13.7. The van der Waals surface area contributed by atoms with Crippen LogP contribution in [0.25, 0.3) is 0 Å². The molecule has 224 valence electrons. The van der Waals surface area contributed by atoms with E-state index in [-0.39, 0.29) is 29.4 Å². The first-order valence-corrected chi connectivity index (χ1v) is 15.2. The number of halogens is 1. The molecule has 1 saturated carbocycles. The molecule has 0 radical (unpaired) electrons. The normalized spacial score (nSPS) is 23.3. The van der Waals surface area contributed by atoms with E-state index in [0.29, 0.717) is 40.5 Å². The Hall–Kier alpha value is -3.35. The molecule has 1 fully saturated rings. The lowest BCUT2D eigenvalue weighted by molar-refractivity contribution is -0.134. The van der Waals surface area contributed by atoms with E-state index in [2.05, 4.69) is 25.5 Å². The zero-order chi connectivity index (χ0) is 30.3. The van der Waals surface area contributed by atoms with Gasteiger partial charge in [-0.15, -0.1) is 11.3 Å². The highest BCUT2D eigenvalue weighted by atomic mass is 35.5. The van der Waals surface area contributed by atoms with Crippen molar-refractivity contribution in [2.24, 2.45) is 10.9 Å². The van der Waals surface area contributed by atoms with Crippen molar-refractivity contribution in [3.63, 3.8) is 0 Å². The standard InChI is InChI=1S/C29H36ClN7O4S/c1-35(2)28(40)15-6-8-19(21(12-15)33-26(39)27-34-20-10-11-37(5)14-22(20)42-27)32-25(38)24-23(29(41)36(3)4)17-13-16(30)7-9-18(17)31-24/h7,9,13,15,19,21,23H,6,8,10-12,14H2,1-5H3,(H,32,38)(H,33,39)/t15-,19-,21+,23?/m0/s1. The Morgan fingerprint density at radius 2 is 1.71 bits per heavy atom. The second kappa shape index (κ2) is 12.1. The topological polar surface area (TPSA) is 127 Å². The second-order valence-electron chi connectivity index (χ2n) is 11.6. The van der Waals surface area contributed by atoms with Gasteiger partial charge in [0.2, 0.25) is 11.8 Å². The van der Waals surface area contributed by atoms with Crippen molar-refractivity contribution in [3.05, 3.63) is 44.4 Å². The van der Waals surface area contributed by atoms with Gasteiger partial charge in [0.15, 0.2) is 5.01 Å². The minimum atomic E-state index is -0.895. The molecule has 5 rings (SSSR count). The minimum absolute atomic E-state index is 0.0177. The predicted molar refractivity (Wildman–Crippen MR) is 161 cm³/mol. The van der Waals surface area contributed by atoms with Gasteiger partial charge in [0.25, 0.3) is 11.8 Å². The number of nitrogens with zero attached hydrogens (tertiary/aromatic N) is 5. The lowest BCUT2D eigenvalue weighted by Crippen LogP contribution is -2.57. The van der Waals surface area contributed by atoms with Crippen LogP contribution in [0.3, 0.4) is 0 Å². The number of aromatic nitrogens is 1. The van der Waals surface area contributed by atoms with Crippen LogP contribution in [0.2, 0.25) is 5.02 Å². The molecule has 0 spiro atoms. The minimum Gasteiger partial charge on any atom is -0.349 e. The number of carbonyl (C=O) groups is 4. The Morgan fingerprint density at radius 1 is 1.00 bits per heavy atom. The van der Waals surface area contributed by atoms with Gasteiger partial charge in [-0.05, 0) is 50.1 Å². The molecule has 2 aromatic rings. The Bertz CT molecular complexity index is 1460. The summed E-state index contributed by atoms with van der Waals surface area (Å²) in [6.07, 6.45) is 2.18. The van der Waals surface area contributed by atoms with Crippen molar-refractivity contribution in [1.29, 1.82) is 0 Å². The Kier molecular flexibility index (Phi) is 8.68. The van der Waals surface area contributed by atoms with Gasteiger partial charge in [-0.25, -0.2) is 9.98 Å². The fourth-order valence-corrected chi connectivity index (χ4v) is 7.15. The summed E-state index contributed by atoms with van der Waals surface area (Å²) in [5.74, 6) is -2.30. The molecule has 42 heavy (non-hydrogen) atoms. The van der Waals surface area contributed by atoms with Gasteiger partial charge in [-0.2, -0.15) is 0 Å². The molecule has 4 amide bonds. The summed E-state index contributed by atoms with van der Waals surface area (Å²) in [6, 6.07) is 4.04. The van der Waals surface area contributed by atoms with Gasteiger partial charge in [0.05, 0.1) is 17.4 Å². The number of benzene rings is 1. The van der Waals surface area contributed by atoms with Crippen LogP contribution in [0.5, 0.6) is 0 Å². The molecular weight excluding hydrogens is 578 g/mol. The summed E-state index contributed by atoms with van der Waals surface area (Å²) in [5, 5.41) is 6.96. The number of aliphatic imine (C=N–C) groups is 1. The number of fused-ring (bicyclic) bond motifs is 2. The molecule has 3 heterocycles. The molecule has 0 bridgehead atoms. The number of likely N-dealkylation sites (N-methyl/N-ethyl adjacent to an activating group) is 2. The first-order chi connectivity index (χ1) is 19.9. The molecule has 1 aromatic carbocycles. The van der Waals surface area contributed by atoms with Crippen molar-refractivity contribution in [1.82, 2.24) is 30.3 Å². The monoisotopic (exact) mass is 613 g/mol. The van der Waals surface area contributed by atoms with Crippen LogP contribution in [-0.2, 0) is 27.3 Å². The number of nitrogens with one attached hydrogen (secondary N) is 2. The fourth-order valence-electron chi connectivity index (χ4n) is 5.88. The van der Waals surface area contributed by atoms with Gasteiger partial charge < -0.3 is 25.3 Å². The van der Waals surface area contributed by atoms with Crippen molar-refractivity contribution in [2.75, 3.05) is 41.8 Å². The predicted octanol–water partition coefficient (Wildman–Crippen LogP) is 2.21. The summed E-state index contributed by atoms with van der Waals surface area (Å²) in [7, 11) is 8.72. The Labute approximate surface area is 254 Å². The fraction of sp³-hybridized carbons (Fsp3) is 0.517. The molecule has 2 N–H and O–H groups in total. The smallest absolute Gasteiger partial charge is 0.280 e. The van der Waals surface area contributed by atoms with E-state index in [0.717, 1.165) is 30.1 Å². The van der Waals surface area contributed by atoms with Crippen molar-refractivity contribution >= 4 is 58.0 Å².